The molecule has 1 saturated carbocycles. The Kier molecular flexibility index (Phi) is 6.31. The number of benzene rings is 2. The molecule has 186 valence electrons. The van der Waals surface area contributed by atoms with Crippen molar-refractivity contribution < 1.29 is 13.2 Å². The molecule has 10 heteroatoms. The largest absolute Gasteiger partial charge is 0.490 e. The van der Waals surface area contributed by atoms with E-state index in [9.17, 15) is 8.42 Å². The minimum Gasteiger partial charge on any atom is -0.490 e. The van der Waals surface area contributed by atoms with Crippen molar-refractivity contribution in [2.45, 2.75) is 49.6 Å². The molecule has 0 bridgehead atoms. The van der Waals surface area contributed by atoms with E-state index in [2.05, 4.69) is 9.62 Å². The lowest BCUT2D eigenvalue weighted by Gasteiger charge is -2.34. The summed E-state index contributed by atoms with van der Waals surface area (Å²) in [4.78, 5) is 4.10. The van der Waals surface area contributed by atoms with Crippen LogP contribution in [-0.2, 0) is 23.0 Å². The summed E-state index contributed by atoms with van der Waals surface area (Å²) in [5.41, 5.74) is 8.21. The Morgan fingerprint density at radius 1 is 0.943 bits per heavy atom. The van der Waals surface area contributed by atoms with Gasteiger partial charge in [0.25, 0.3) is 10.0 Å². The number of nitrogens with two attached hydrogens (primary N) is 1. The van der Waals surface area contributed by atoms with Gasteiger partial charge in [-0.15, -0.1) is 0 Å². The fourth-order valence-corrected chi connectivity index (χ4v) is 5.81. The van der Waals surface area contributed by atoms with Gasteiger partial charge in [0.05, 0.1) is 10.7 Å². The van der Waals surface area contributed by atoms with Gasteiger partial charge in [-0.05, 0) is 66.8 Å². The summed E-state index contributed by atoms with van der Waals surface area (Å²) in [6, 6.07) is 12.0. The lowest BCUT2D eigenvalue weighted by Crippen LogP contribution is -2.42. The van der Waals surface area contributed by atoms with Crippen LogP contribution < -0.4 is 15.2 Å². The van der Waals surface area contributed by atoms with Crippen molar-refractivity contribution in [3.63, 3.8) is 0 Å². The van der Waals surface area contributed by atoms with Gasteiger partial charge in [0.2, 0.25) is 0 Å². The van der Waals surface area contributed by atoms with E-state index in [1.54, 1.807) is 35.2 Å². The zero-order valence-corrected chi connectivity index (χ0v) is 20.5. The van der Waals surface area contributed by atoms with Gasteiger partial charge in [0, 0.05) is 50.6 Å². The number of rotatable bonds is 6. The number of fused-ring (bicyclic) bond motifs is 1. The van der Waals surface area contributed by atoms with Crippen LogP contribution in [-0.4, -0.2) is 55.8 Å². The van der Waals surface area contributed by atoms with E-state index in [4.69, 9.17) is 21.3 Å². The van der Waals surface area contributed by atoms with E-state index in [-0.39, 0.29) is 17.0 Å². The van der Waals surface area contributed by atoms with Crippen LogP contribution in [0.2, 0.25) is 0 Å². The fourth-order valence-electron chi connectivity index (χ4n) is 4.76. The molecule has 0 amide bonds. The summed E-state index contributed by atoms with van der Waals surface area (Å²) < 4.78 is 34.7. The minimum absolute atomic E-state index is 0.0206. The molecule has 2 aromatic carbocycles. The molecule has 9 nitrogen and oxygen atoms in total. The second-order valence-electron chi connectivity index (χ2n) is 9.58. The molecule has 0 spiro atoms. The summed E-state index contributed by atoms with van der Waals surface area (Å²) in [6.45, 7) is 2.85. The van der Waals surface area contributed by atoms with Crippen LogP contribution in [0.15, 0.2) is 47.4 Å². The Morgan fingerprint density at radius 2 is 1.66 bits per heavy atom. The van der Waals surface area contributed by atoms with E-state index in [1.165, 1.54) is 0 Å². The fraction of sp³-hybridized carbons (Fsp3) is 0.440. The van der Waals surface area contributed by atoms with Gasteiger partial charge in [0.1, 0.15) is 11.9 Å². The first-order valence-corrected chi connectivity index (χ1v) is 13.6. The maximum Gasteiger partial charge on any atom is 0.261 e. The van der Waals surface area contributed by atoms with Crippen LogP contribution in [0.3, 0.4) is 0 Å². The maximum atomic E-state index is 13.0. The summed E-state index contributed by atoms with van der Waals surface area (Å²) in [5.74, 6) is 1.91. The molecule has 0 radical (unpaired) electrons. The van der Waals surface area contributed by atoms with Gasteiger partial charge in [-0.3, -0.25) is 15.5 Å². The van der Waals surface area contributed by atoms with Crippen molar-refractivity contribution in [3.05, 3.63) is 53.6 Å². The molecule has 1 aliphatic carbocycles. The van der Waals surface area contributed by atoms with Gasteiger partial charge >= 0.3 is 0 Å². The summed E-state index contributed by atoms with van der Waals surface area (Å²) in [6.07, 6.45) is 4.84. The van der Waals surface area contributed by atoms with Crippen LogP contribution in [0.5, 0.6) is 5.75 Å². The lowest BCUT2D eigenvalue weighted by atomic mass is 9.99. The van der Waals surface area contributed by atoms with E-state index < -0.39 is 10.0 Å². The zero-order chi connectivity index (χ0) is 24.6. The molecule has 2 fully saturated rings. The molecule has 0 atom stereocenters. The van der Waals surface area contributed by atoms with Crippen molar-refractivity contribution in [1.29, 1.82) is 10.8 Å². The topological polar surface area (TPSA) is 136 Å². The zero-order valence-electron chi connectivity index (χ0n) is 19.7. The standard InChI is InChI=1S/C25H32N6O3S/c26-24(18-1-2-18)30-13-10-22(11-14-30)34-21-5-7-23(8-6-21)35(32,33)29-20-4-3-17-9-12-31(25(27)28)16-19(17)15-20/h3-8,15,18,22,26,29H,1-2,9-14,16H2,(H3,27,28). The highest BCUT2D eigenvalue weighted by Crippen LogP contribution is 2.32. The van der Waals surface area contributed by atoms with Gasteiger partial charge in [-0.2, -0.15) is 0 Å². The van der Waals surface area contributed by atoms with E-state index >= 15 is 0 Å². The molecule has 2 heterocycles. The predicted octanol–water partition coefficient (Wildman–Crippen LogP) is 2.97. The van der Waals surface area contributed by atoms with Crippen molar-refractivity contribution in [2.24, 2.45) is 11.7 Å². The van der Waals surface area contributed by atoms with Crippen LogP contribution in [0.4, 0.5) is 5.69 Å². The Bertz CT molecular complexity index is 1220. The third kappa shape index (κ3) is 5.37. The average Bonchev–Trinajstić information content (AvgIpc) is 3.69. The number of nitrogens with one attached hydrogen (secondary N) is 3. The van der Waals surface area contributed by atoms with Crippen molar-refractivity contribution in [1.82, 2.24) is 9.80 Å². The first kappa shape index (κ1) is 23.5. The quantitative estimate of drug-likeness (QED) is 0.359. The van der Waals surface area contributed by atoms with Crippen molar-refractivity contribution in [2.75, 3.05) is 24.4 Å². The molecule has 0 unspecified atom stereocenters. The highest BCUT2D eigenvalue weighted by Gasteiger charge is 2.32. The monoisotopic (exact) mass is 496 g/mol. The average molecular weight is 497 g/mol. The Morgan fingerprint density at radius 3 is 2.31 bits per heavy atom. The summed E-state index contributed by atoms with van der Waals surface area (Å²) in [5, 5.41) is 15.9. The third-order valence-corrected chi connectivity index (χ3v) is 8.39. The highest BCUT2D eigenvalue weighted by atomic mass is 32.2. The number of amidine groups is 1. The Balaban J connectivity index is 1.19. The highest BCUT2D eigenvalue weighted by molar-refractivity contribution is 7.92. The number of likely N-dealkylation sites (tertiary alicyclic amines) is 1. The number of piperidine rings is 1. The smallest absolute Gasteiger partial charge is 0.261 e. The Labute approximate surface area is 206 Å². The van der Waals surface area contributed by atoms with Crippen LogP contribution in [0.1, 0.15) is 36.8 Å². The number of ether oxygens (including phenoxy) is 1. The number of hydrogen-bond donors (Lipinski definition) is 4. The first-order valence-electron chi connectivity index (χ1n) is 12.1. The minimum atomic E-state index is -3.76. The van der Waals surface area contributed by atoms with Crippen LogP contribution in [0.25, 0.3) is 0 Å². The van der Waals surface area contributed by atoms with Crippen molar-refractivity contribution in [3.8, 4) is 5.75 Å². The third-order valence-electron chi connectivity index (χ3n) is 6.99. The summed E-state index contributed by atoms with van der Waals surface area (Å²) in [7, 11) is -3.76. The predicted molar refractivity (Wildman–Crippen MR) is 135 cm³/mol. The first-order chi connectivity index (χ1) is 16.8. The van der Waals surface area contributed by atoms with Crippen molar-refractivity contribution >= 4 is 27.5 Å². The second kappa shape index (κ2) is 9.41. The molecular formula is C25H32N6O3S. The van der Waals surface area contributed by atoms with Gasteiger partial charge < -0.3 is 20.3 Å². The molecule has 5 N–H and O–H groups in total. The second-order valence-corrected chi connectivity index (χ2v) is 11.3. The maximum absolute atomic E-state index is 13.0. The lowest BCUT2D eigenvalue weighted by molar-refractivity contribution is 0.129. The van der Waals surface area contributed by atoms with Gasteiger partial charge in [-0.1, -0.05) is 6.07 Å². The van der Waals surface area contributed by atoms with Crippen LogP contribution >= 0.6 is 0 Å². The number of anilines is 1. The number of nitrogens with zero attached hydrogens (tertiary/aromatic N) is 2. The van der Waals surface area contributed by atoms with E-state index in [1.807, 2.05) is 12.1 Å². The normalized spacial score (nSPS) is 18.6. The molecule has 35 heavy (non-hydrogen) atoms. The summed E-state index contributed by atoms with van der Waals surface area (Å²) >= 11 is 0. The number of sulfonamides is 1. The SMILES string of the molecule is N=C(N)N1CCc2ccc(NS(=O)(=O)c3ccc(OC4CCN(C(=N)C5CC5)CC4)cc3)cc2C1. The molecule has 0 aromatic heterocycles. The molecule has 5 rings (SSSR count). The molecule has 2 aliphatic heterocycles. The molecular weight excluding hydrogens is 464 g/mol. The number of guanidine groups is 1. The molecule has 2 aromatic rings. The van der Waals surface area contributed by atoms with Gasteiger partial charge in [0.15, 0.2) is 5.96 Å². The van der Waals surface area contributed by atoms with E-state index in [0.717, 1.165) is 62.2 Å². The van der Waals surface area contributed by atoms with Crippen LogP contribution in [0, 0.1) is 16.7 Å². The molecule has 3 aliphatic rings. The van der Waals surface area contributed by atoms with Gasteiger partial charge in [-0.25, -0.2) is 8.42 Å². The molecule has 1 saturated heterocycles. The van der Waals surface area contributed by atoms with E-state index in [0.29, 0.717) is 30.4 Å². The Hall–Kier alpha value is -3.27. The number of hydrogen-bond acceptors (Lipinski definition) is 5.